The number of sulfonamides is 1. The van der Waals surface area contributed by atoms with Gasteiger partial charge in [0.05, 0.1) is 11.0 Å². The molecule has 0 aliphatic carbocycles. The van der Waals surface area contributed by atoms with E-state index in [2.05, 4.69) is 26.8 Å². The van der Waals surface area contributed by atoms with Crippen LogP contribution in [0.5, 0.6) is 0 Å². The van der Waals surface area contributed by atoms with Gasteiger partial charge in [-0.2, -0.15) is 9.57 Å². The quantitative estimate of drug-likeness (QED) is 0.832. The lowest BCUT2D eigenvalue weighted by molar-refractivity contribution is 0.243. The summed E-state index contributed by atoms with van der Waals surface area (Å²) in [6, 6.07) is 8.19. The molecule has 0 saturated heterocycles. The van der Waals surface area contributed by atoms with Crippen molar-refractivity contribution in [2.75, 3.05) is 7.05 Å². The molecule has 0 heterocycles. The molecule has 0 unspecified atom stereocenters. The number of nitrogens with zero attached hydrogens (tertiary/aromatic N) is 2. The van der Waals surface area contributed by atoms with Crippen LogP contribution in [0, 0.1) is 29.6 Å². The van der Waals surface area contributed by atoms with Crippen LogP contribution in [0.2, 0.25) is 0 Å². The van der Waals surface area contributed by atoms with Gasteiger partial charge in [-0.3, -0.25) is 0 Å². The maximum atomic E-state index is 12.7. The van der Waals surface area contributed by atoms with E-state index >= 15 is 0 Å². The van der Waals surface area contributed by atoms with E-state index in [0.717, 1.165) is 12.0 Å². The van der Waals surface area contributed by atoms with Crippen LogP contribution in [0.3, 0.4) is 0 Å². The minimum absolute atomic E-state index is 0.0446. The van der Waals surface area contributed by atoms with Crippen molar-refractivity contribution in [1.82, 2.24) is 4.31 Å². The van der Waals surface area contributed by atoms with E-state index < -0.39 is 16.1 Å². The zero-order chi connectivity index (χ0) is 17.1. The maximum absolute atomic E-state index is 12.7. The summed E-state index contributed by atoms with van der Waals surface area (Å²) < 4.78 is 26.6. The number of rotatable bonds is 5. The van der Waals surface area contributed by atoms with Gasteiger partial charge in [0.25, 0.3) is 0 Å². The van der Waals surface area contributed by atoms with Gasteiger partial charge < -0.3 is 0 Å². The van der Waals surface area contributed by atoms with Crippen molar-refractivity contribution in [3.05, 3.63) is 29.8 Å². The number of nitriles is 1. The Morgan fingerprint density at radius 2 is 1.73 bits per heavy atom. The topological polar surface area (TPSA) is 61.2 Å². The van der Waals surface area contributed by atoms with Crippen LogP contribution in [-0.2, 0) is 10.0 Å². The molecule has 5 heteroatoms. The fourth-order valence-electron chi connectivity index (χ4n) is 2.67. The fourth-order valence-corrected chi connectivity index (χ4v) is 4.04. The Morgan fingerprint density at radius 1 is 1.23 bits per heavy atom. The Kier molecular flexibility index (Phi) is 5.77. The normalized spacial score (nSPS) is 15.4. The minimum atomic E-state index is -3.66. The molecule has 22 heavy (non-hydrogen) atoms. The SMILES string of the molecule is Cc1ccc(S(=O)(=O)N(C)[C@H](C#N)[C@@H](C)CC(C)(C)C)cc1. The molecule has 1 aromatic rings. The molecule has 0 aromatic heterocycles. The first-order valence-electron chi connectivity index (χ1n) is 7.43. The lowest BCUT2D eigenvalue weighted by Gasteiger charge is -2.31. The van der Waals surface area contributed by atoms with Gasteiger partial charge in [-0.15, -0.1) is 0 Å². The predicted molar refractivity (Wildman–Crippen MR) is 88.8 cm³/mol. The summed E-state index contributed by atoms with van der Waals surface area (Å²) in [5.41, 5.74) is 1.04. The van der Waals surface area contributed by atoms with Gasteiger partial charge in [0, 0.05) is 7.05 Å². The number of benzene rings is 1. The van der Waals surface area contributed by atoms with E-state index in [4.69, 9.17) is 0 Å². The molecule has 122 valence electrons. The van der Waals surface area contributed by atoms with Gasteiger partial charge in [0.15, 0.2) is 0 Å². The Morgan fingerprint density at radius 3 is 2.14 bits per heavy atom. The molecule has 1 aromatic carbocycles. The monoisotopic (exact) mass is 322 g/mol. The van der Waals surface area contributed by atoms with E-state index in [1.54, 1.807) is 24.3 Å². The minimum Gasteiger partial charge on any atom is -0.207 e. The van der Waals surface area contributed by atoms with Crippen molar-refractivity contribution in [2.24, 2.45) is 11.3 Å². The average molecular weight is 322 g/mol. The molecule has 0 spiro atoms. The highest BCUT2D eigenvalue weighted by molar-refractivity contribution is 7.89. The average Bonchev–Trinajstić information content (AvgIpc) is 2.37. The third-order valence-electron chi connectivity index (χ3n) is 3.70. The molecule has 0 aliphatic heterocycles. The van der Waals surface area contributed by atoms with Crippen LogP contribution in [0.25, 0.3) is 0 Å². The maximum Gasteiger partial charge on any atom is 0.244 e. The predicted octanol–water partition coefficient (Wildman–Crippen LogP) is 3.58. The molecule has 1 rings (SSSR count). The van der Waals surface area contributed by atoms with Crippen LogP contribution >= 0.6 is 0 Å². The standard InChI is InChI=1S/C17H26N2O2S/c1-13-7-9-15(10-8-13)22(20,21)19(6)16(12-18)14(2)11-17(3,4)5/h7-10,14,16H,11H2,1-6H3/t14-,16+/m0/s1. The molecule has 0 bridgehead atoms. The Balaban J connectivity index is 3.07. The summed E-state index contributed by atoms with van der Waals surface area (Å²) in [6.07, 6.45) is 0.777. The van der Waals surface area contributed by atoms with Gasteiger partial charge in [-0.1, -0.05) is 45.4 Å². The lowest BCUT2D eigenvalue weighted by atomic mass is 9.82. The van der Waals surface area contributed by atoms with Gasteiger partial charge in [0.2, 0.25) is 10.0 Å². The van der Waals surface area contributed by atoms with Crippen LogP contribution in [-0.4, -0.2) is 25.8 Å². The number of aryl methyl sites for hydroxylation is 1. The first kappa shape index (κ1) is 18.7. The first-order chi connectivity index (χ1) is 9.99. The van der Waals surface area contributed by atoms with Gasteiger partial charge in [-0.25, -0.2) is 8.42 Å². The Hall–Kier alpha value is -1.38. The third kappa shape index (κ3) is 4.56. The van der Waals surface area contributed by atoms with Crippen LogP contribution in [0.15, 0.2) is 29.2 Å². The third-order valence-corrected chi connectivity index (χ3v) is 5.55. The number of hydrogen-bond donors (Lipinski definition) is 0. The molecular weight excluding hydrogens is 296 g/mol. The van der Waals surface area contributed by atoms with Gasteiger partial charge >= 0.3 is 0 Å². The second kappa shape index (κ2) is 6.80. The van der Waals surface area contributed by atoms with Crippen LogP contribution < -0.4 is 0 Å². The van der Waals surface area contributed by atoms with Crippen LogP contribution in [0.4, 0.5) is 0 Å². The summed E-state index contributed by atoms with van der Waals surface area (Å²) in [5.74, 6) is -0.0461. The van der Waals surface area contributed by atoms with Gasteiger partial charge in [0.1, 0.15) is 6.04 Å². The zero-order valence-electron chi connectivity index (χ0n) is 14.3. The van der Waals surface area contributed by atoms with Crippen molar-refractivity contribution >= 4 is 10.0 Å². The largest absolute Gasteiger partial charge is 0.244 e. The highest BCUT2D eigenvalue weighted by Crippen LogP contribution is 2.29. The van der Waals surface area contributed by atoms with Crippen LogP contribution in [0.1, 0.15) is 39.7 Å². The highest BCUT2D eigenvalue weighted by Gasteiger charge is 2.33. The Bertz CT molecular complexity index is 637. The zero-order valence-corrected chi connectivity index (χ0v) is 15.1. The molecule has 2 atom stereocenters. The molecule has 4 nitrogen and oxygen atoms in total. The summed E-state index contributed by atoms with van der Waals surface area (Å²) in [6.45, 7) is 10.1. The van der Waals surface area contributed by atoms with Crippen molar-refractivity contribution in [3.63, 3.8) is 0 Å². The molecule has 0 saturated carbocycles. The smallest absolute Gasteiger partial charge is 0.207 e. The van der Waals surface area contributed by atoms with Crippen molar-refractivity contribution in [2.45, 2.75) is 52.0 Å². The van der Waals surface area contributed by atoms with Crippen molar-refractivity contribution < 1.29 is 8.42 Å². The van der Waals surface area contributed by atoms with E-state index in [1.807, 2.05) is 13.8 Å². The summed E-state index contributed by atoms with van der Waals surface area (Å²) in [7, 11) is -2.17. The van der Waals surface area contributed by atoms with E-state index in [1.165, 1.54) is 11.4 Å². The summed E-state index contributed by atoms with van der Waals surface area (Å²) in [4.78, 5) is 0.226. The first-order valence-corrected chi connectivity index (χ1v) is 8.87. The molecule has 0 N–H and O–H groups in total. The molecule has 0 amide bonds. The fraction of sp³-hybridized carbons (Fsp3) is 0.588. The molecule has 0 fully saturated rings. The highest BCUT2D eigenvalue weighted by atomic mass is 32.2. The number of hydrogen-bond acceptors (Lipinski definition) is 3. The summed E-state index contributed by atoms with van der Waals surface area (Å²) in [5, 5.41) is 9.46. The molecular formula is C17H26N2O2S. The van der Waals surface area contributed by atoms with E-state index in [-0.39, 0.29) is 16.2 Å². The molecule has 0 aliphatic rings. The second-order valence-electron chi connectivity index (χ2n) is 7.15. The van der Waals surface area contributed by atoms with E-state index in [9.17, 15) is 13.7 Å². The van der Waals surface area contributed by atoms with Gasteiger partial charge in [-0.05, 0) is 36.8 Å². The second-order valence-corrected chi connectivity index (χ2v) is 9.15. The Labute approximate surface area is 134 Å². The van der Waals surface area contributed by atoms with Crippen molar-refractivity contribution in [3.8, 4) is 6.07 Å². The lowest BCUT2D eigenvalue weighted by Crippen LogP contribution is -2.41. The van der Waals surface area contributed by atoms with E-state index in [0.29, 0.717) is 0 Å². The summed E-state index contributed by atoms with van der Waals surface area (Å²) >= 11 is 0. The van der Waals surface area contributed by atoms with Crippen molar-refractivity contribution in [1.29, 1.82) is 5.26 Å². The molecule has 0 radical (unpaired) electrons.